The van der Waals surface area contributed by atoms with E-state index in [9.17, 15) is 39.6 Å². The summed E-state index contributed by atoms with van der Waals surface area (Å²) in [5.41, 5.74) is 3.57. The van der Waals surface area contributed by atoms with E-state index < -0.39 is 11.9 Å². The van der Waals surface area contributed by atoms with Gasteiger partial charge in [0.15, 0.2) is 21.1 Å². The molecule has 0 bridgehead atoms. The number of aromatic carboxylic acids is 2. The molecule has 0 aromatic heterocycles. The summed E-state index contributed by atoms with van der Waals surface area (Å²) in [6.45, 7) is 1.06. The average molecular weight is 868 g/mol. The van der Waals surface area contributed by atoms with Gasteiger partial charge in [0, 0.05) is 81.8 Å². The van der Waals surface area contributed by atoms with Crippen LogP contribution in [0.5, 0.6) is 11.5 Å². The molecule has 0 saturated heterocycles. The van der Waals surface area contributed by atoms with Crippen molar-refractivity contribution in [3.8, 4) is 56.4 Å². The average Bonchev–Trinajstić information content (AvgIpc) is 3.23. The highest BCUT2D eigenvalue weighted by molar-refractivity contribution is 7.80. The molecule has 2 aliphatic carbocycles. The maximum absolute atomic E-state index is 12.6. The number of aromatic hydroxyl groups is 2. The summed E-state index contributed by atoms with van der Waals surface area (Å²) in [4.78, 5) is 49.4. The molecule has 4 aromatic carbocycles. The zero-order valence-electron chi connectivity index (χ0n) is 32.1. The van der Waals surface area contributed by atoms with Crippen LogP contribution in [0.15, 0.2) is 128 Å². The number of thiocarbonyl (C=S) groups is 2. The molecular formula is C45H33N5O10S2. The van der Waals surface area contributed by atoms with Crippen LogP contribution in [0, 0.1) is 0 Å². The summed E-state index contributed by atoms with van der Waals surface area (Å²) in [5.74, 6) is -2.01. The highest BCUT2D eigenvalue weighted by atomic mass is 32.1. The fourth-order valence-corrected chi connectivity index (χ4v) is 7.59. The Labute approximate surface area is 360 Å². The van der Waals surface area contributed by atoms with Crippen molar-refractivity contribution >= 4 is 79.9 Å². The second kappa shape index (κ2) is 17.0. The van der Waals surface area contributed by atoms with E-state index in [-0.39, 0.29) is 73.1 Å². The van der Waals surface area contributed by atoms with Crippen molar-refractivity contribution in [1.29, 1.82) is 0 Å². The molecular weight excluding hydrogens is 835 g/mol. The molecule has 0 fully saturated rings. The minimum Gasteiger partial charge on any atom is -0.508 e. The Kier molecular flexibility index (Phi) is 11.2. The minimum atomic E-state index is -1.20. The van der Waals surface area contributed by atoms with Gasteiger partial charge in [-0.2, -0.15) is 0 Å². The van der Waals surface area contributed by atoms with Crippen LogP contribution in [0.2, 0.25) is 0 Å². The van der Waals surface area contributed by atoms with Gasteiger partial charge >= 0.3 is 11.9 Å². The van der Waals surface area contributed by atoms with Gasteiger partial charge in [0.25, 0.3) is 0 Å². The predicted molar refractivity (Wildman–Crippen MR) is 243 cm³/mol. The normalized spacial score (nSPS) is 11.2. The standard InChI is InChI=1S/C45H33N5O10S2/c51-24-3-9-30-36(17-24)59-37-18-25(52)4-10-31(37)40(30)28-7-1-22(15-34(28)42(55)56)49-44(61)47-14-13-46-21-48-45(62)50-23-2-8-29(35(16-23)43(57)58)41-32-11-5-26(53)19-38(32)60-39-20-27(54)6-12-33(39)41/h1-12,15-20,46,51,53H,13-14,21H2,(H,55,56)(H,57,58)(H2,47,49,61)(H2,48,50,62). The second-order valence-electron chi connectivity index (χ2n) is 14.0. The number of hydrogen-bond acceptors (Lipinski definition) is 11. The summed E-state index contributed by atoms with van der Waals surface area (Å²) in [5, 5.41) is 57.5. The lowest BCUT2D eigenvalue weighted by Crippen LogP contribution is -2.40. The van der Waals surface area contributed by atoms with Crippen LogP contribution in [0.4, 0.5) is 11.4 Å². The van der Waals surface area contributed by atoms with E-state index in [0.717, 1.165) is 0 Å². The van der Waals surface area contributed by atoms with Crippen LogP contribution >= 0.6 is 24.4 Å². The molecule has 0 unspecified atom stereocenters. The Morgan fingerprint density at radius 1 is 0.532 bits per heavy atom. The van der Waals surface area contributed by atoms with Gasteiger partial charge in [-0.25, -0.2) is 9.59 Å². The third kappa shape index (κ3) is 8.44. The first-order chi connectivity index (χ1) is 29.8. The number of anilines is 2. The number of carboxylic acids is 2. The monoisotopic (exact) mass is 867 g/mol. The number of fused-ring (bicyclic) bond motifs is 4. The minimum absolute atomic E-state index is 0.0326. The Balaban J connectivity index is 0.876. The Bertz CT molecular complexity index is 2970. The van der Waals surface area contributed by atoms with Crippen molar-refractivity contribution in [1.82, 2.24) is 16.0 Å². The van der Waals surface area contributed by atoms with Crippen LogP contribution < -0.4 is 37.4 Å². The largest absolute Gasteiger partial charge is 0.508 e. The van der Waals surface area contributed by atoms with Gasteiger partial charge in [-0.3, -0.25) is 14.9 Å². The number of nitrogens with one attached hydrogen (secondary N) is 5. The lowest BCUT2D eigenvalue weighted by molar-refractivity contribution is 0.0687. The molecule has 310 valence electrons. The number of hydrogen-bond donors (Lipinski definition) is 9. The second-order valence-corrected chi connectivity index (χ2v) is 14.8. The molecule has 0 amide bonds. The number of benzene rings is 6. The van der Waals surface area contributed by atoms with Crippen LogP contribution in [0.1, 0.15) is 20.7 Å². The van der Waals surface area contributed by atoms with Gasteiger partial charge in [-0.15, -0.1) is 0 Å². The Morgan fingerprint density at radius 2 is 0.984 bits per heavy atom. The molecule has 4 aromatic rings. The summed E-state index contributed by atoms with van der Waals surface area (Å²) < 4.78 is 11.8. The van der Waals surface area contributed by atoms with E-state index in [4.69, 9.17) is 33.3 Å². The van der Waals surface area contributed by atoms with Crippen molar-refractivity contribution in [3.05, 3.63) is 141 Å². The lowest BCUT2D eigenvalue weighted by atomic mass is 9.90. The van der Waals surface area contributed by atoms with E-state index >= 15 is 0 Å². The van der Waals surface area contributed by atoms with Gasteiger partial charge in [-0.1, -0.05) is 12.1 Å². The van der Waals surface area contributed by atoms with E-state index in [2.05, 4.69) is 26.6 Å². The van der Waals surface area contributed by atoms with Crippen LogP contribution in [-0.2, 0) is 0 Å². The Hall–Kier alpha value is -7.86. The smallest absolute Gasteiger partial charge is 0.336 e. The molecule has 0 radical (unpaired) electrons. The molecule has 0 atom stereocenters. The molecule has 0 saturated carbocycles. The molecule has 0 spiro atoms. The summed E-state index contributed by atoms with van der Waals surface area (Å²) in [7, 11) is 0. The lowest BCUT2D eigenvalue weighted by Gasteiger charge is -2.18. The fourth-order valence-electron chi connectivity index (χ4n) is 7.18. The van der Waals surface area contributed by atoms with Crippen LogP contribution in [-0.4, -0.2) is 62.3 Å². The highest BCUT2D eigenvalue weighted by Gasteiger charge is 2.24. The van der Waals surface area contributed by atoms with Gasteiger partial charge in [0.1, 0.15) is 34.2 Å². The number of carboxylic acid groups (broad SMARTS) is 2. The van der Waals surface area contributed by atoms with Gasteiger partial charge in [0.05, 0.1) is 17.8 Å². The first-order valence-electron chi connectivity index (χ1n) is 18.8. The van der Waals surface area contributed by atoms with Crippen molar-refractivity contribution in [3.63, 3.8) is 0 Å². The number of phenolic OH excluding ortho intramolecular Hbond substituents is 2. The number of carbonyl (C=O) groups is 2. The molecule has 2 heterocycles. The molecule has 62 heavy (non-hydrogen) atoms. The van der Waals surface area contributed by atoms with Crippen molar-refractivity contribution in [2.75, 3.05) is 30.4 Å². The van der Waals surface area contributed by atoms with E-state index in [1.807, 2.05) is 0 Å². The van der Waals surface area contributed by atoms with E-state index in [1.165, 1.54) is 60.7 Å². The van der Waals surface area contributed by atoms with E-state index in [0.29, 0.717) is 68.6 Å². The molecule has 2 aliphatic heterocycles. The van der Waals surface area contributed by atoms with Crippen molar-refractivity contribution in [2.45, 2.75) is 0 Å². The molecule has 8 rings (SSSR count). The van der Waals surface area contributed by atoms with Gasteiger partial charge in [-0.05, 0) is 108 Å². The molecule has 15 nitrogen and oxygen atoms in total. The fraction of sp³-hybridized carbons (Fsp3) is 0.0667. The topological polar surface area (TPSA) is 236 Å². The molecule has 9 N–H and O–H groups in total. The number of rotatable bonds is 11. The maximum Gasteiger partial charge on any atom is 0.336 e. The maximum atomic E-state index is 12.6. The zero-order chi connectivity index (χ0) is 43.7. The van der Waals surface area contributed by atoms with E-state index in [1.54, 1.807) is 48.5 Å². The first kappa shape index (κ1) is 40.9. The zero-order valence-corrected chi connectivity index (χ0v) is 33.7. The summed E-state index contributed by atoms with van der Waals surface area (Å²) >= 11 is 10.9. The highest BCUT2D eigenvalue weighted by Crippen LogP contribution is 2.44. The third-order valence-corrected chi connectivity index (χ3v) is 10.4. The SMILES string of the molecule is O=C(O)c1cc(NC(=S)NCCNCNC(=S)Nc2ccc(-c3c4ccc(=O)cc-4oc4cc(O)ccc34)c(C(=O)O)c2)ccc1-c1c2ccc(=O)cc-2oc2cc(O)ccc12. The number of phenols is 2. The quantitative estimate of drug-likeness (QED) is 0.0274. The summed E-state index contributed by atoms with van der Waals surface area (Å²) in [6.07, 6.45) is 0. The van der Waals surface area contributed by atoms with Crippen LogP contribution in [0.25, 0.3) is 66.8 Å². The van der Waals surface area contributed by atoms with Gasteiger partial charge < -0.3 is 50.5 Å². The van der Waals surface area contributed by atoms with Crippen molar-refractivity contribution < 1.29 is 38.8 Å². The Morgan fingerprint density at radius 3 is 1.45 bits per heavy atom. The first-order valence-corrected chi connectivity index (χ1v) is 19.6. The predicted octanol–water partition coefficient (Wildman–Crippen LogP) is 7.07. The van der Waals surface area contributed by atoms with Gasteiger partial charge in [0.2, 0.25) is 0 Å². The van der Waals surface area contributed by atoms with Crippen LogP contribution in [0.3, 0.4) is 0 Å². The van der Waals surface area contributed by atoms with Crippen molar-refractivity contribution in [2.24, 2.45) is 0 Å². The molecule has 17 heteroatoms. The summed E-state index contributed by atoms with van der Waals surface area (Å²) in [6, 6.07) is 27.1. The molecule has 4 aliphatic rings. The third-order valence-electron chi connectivity index (χ3n) is 9.87.